The van der Waals surface area contributed by atoms with Crippen LogP contribution in [0.4, 0.5) is 13.2 Å². The van der Waals surface area contributed by atoms with Gasteiger partial charge in [-0.05, 0) is 12.1 Å². The molecule has 0 atom stereocenters. The van der Waals surface area contributed by atoms with Crippen molar-refractivity contribution in [2.45, 2.75) is 26.4 Å². The molecule has 0 unspecified atom stereocenters. The van der Waals surface area contributed by atoms with Crippen LogP contribution in [-0.2, 0) is 17.4 Å². The molecule has 0 bridgehead atoms. The summed E-state index contributed by atoms with van der Waals surface area (Å²) >= 11 is 0. The Morgan fingerprint density at radius 2 is 1.94 bits per heavy atom. The summed E-state index contributed by atoms with van der Waals surface area (Å²) in [5.74, 6) is -0.515. The first kappa shape index (κ1) is 13.5. The number of pyridine rings is 1. The van der Waals surface area contributed by atoms with E-state index in [4.69, 9.17) is 5.73 Å². The van der Waals surface area contributed by atoms with Crippen molar-refractivity contribution in [3.8, 4) is 0 Å². The zero-order valence-electron chi connectivity index (χ0n) is 9.51. The van der Waals surface area contributed by atoms with Gasteiger partial charge in [0, 0.05) is 23.7 Å². The van der Waals surface area contributed by atoms with Crippen LogP contribution >= 0.6 is 0 Å². The van der Waals surface area contributed by atoms with Crippen LogP contribution in [0.25, 0.3) is 0 Å². The molecule has 3 nitrogen and oxygen atoms in total. The van der Waals surface area contributed by atoms with Gasteiger partial charge >= 0.3 is 6.18 Å². The fraction of sp³-hybridized carbons (Fsp3) is 0.455. The van der Waals surface area contributed by atoms with Gasteiger partial charge in [0.25, 0.3) is 0 Å². The van der Waals surface area contributed by atoms with Crippen molar-refractivity contribution in [3.05, 3.63) is 29.6 Å². The van der Waals surface area contributed by atoms with E-state index in [9.17, 15) is 18.0 Å². The maximum atomic E-state index is 12.3. The molecule has 1 aromatic heterocycles. The Balaban J connectivity index is 2.86. The molecule has 94 valence electrons. The molecule has 17 heavy (non-hydrogen) atoms. The van der Waals surface area contributed by atoms with Crippen LogP contribution < -0.4 is 5.73 Å². The summed E-state index contributed by atoms with van der Waals surface area (Å²) in [5, 5.41) is 0. The molecule has 0 fully saturated rings. The number of halogens is 3. The third-order valence-corrected chi connectivity index (χ3v) is 2.44. The highest BCUT2D eigenvalue weighted by Gasteiger charge is 2.31. The van der Waals surface area contributed by atoms with Gasteiger partial charge in [0.05, 0.1) is 5.56 Å². The Bertz CT molecular complexity index is 410. The Kier molecular flexibility index (Phi) is 3.45. The second kappa shape index (κ2) is 4.35. The first-order valence-corrected chi connectivity index (χ1v) is 4.95. The summed E-state index contributed by atoms with van der Waals surface area (Å²) in [6.45, 7) is 3.24. The summed E-state index contributed by atoms with van der Waals surface area (Å²) in [5.41, 5.74) is 3.94. The lowest BCUT2D eigenvalue weighted by atomic mass is 9.87. The third-order valence-electron chi connectivity index (χ3n) is 2.44. The number of carbonyl (C=O) groups is 1. The second-order valence-electron chi connectivity index (χ2n) is 4.46. The quantitative estimate of drug-likeness (QED) is 0.888. The number of nitrogens with zero attached hydrogens (tertiary/aromatic N) is 1. The SMILES string of the molecule is CC(C)(Cc1ccc(C(F)(F)F)cn1)C(N)=O. The van der Waals surface area contributed by atoms with Crippen LogP contribution in [0.15, 0.2) is 18.3 Å². The van der Waals surface area contributed by atoms with Crippen LogP contribution in [-0.4, -0.2) is 10.9 Å². The zero-order chi connectivity index (χ0) is 13.3. The Morgan fingerprint density at radius 3 is 2.29 bits per heavy atom. The zero-order valence-corrected chi connectivity index (χ0v) is 9.51. The van der Waals surface area contributed by atoms with E-state index in [-0.39, 0.29) is 6.42 Å². The summed E-state index contributed by atoms with van der Waals surface area (Å²) in [6, 6.07) is 2.20. The molecular formula is C11H13F3N2O. The van der Waals surface area contributed by atoms with Gasteiger partial charge < -0.3 is 5.73 Å². The molecule has 1 aromatic rings. The number of aromatic nitrogens is 1. The molecule has 1 heterocycles. The first-order valence-electron chi connectivity index (χ1n) is 4.95. The topological polar surface area (TPSA) is 56.0 Å². The van der Waals surface area contributed by atoms with Gasteiger partial charge in [0.15, 0.2) is 0 Å². The fourth-order valence-electron chi connectivity index (χ4n) is 1.24. The van der Waals surface area contributed by atoms with Crippen molar-refractivity contribution in [1.29, 1.82) is 0 Å². The highest BCUT2D eigenvalue weighted by atomic mass is 19.4. The maximum Gasteiger partial charge on any atom is 0.417 e. The van der Waals surface area contributed by atoms with Crippen molar-refractivity contribution in [2.75, 3.05) is 0 Å². The fourth-order valence-corrected chi connectivity index (χ4v) is 1.24. The van der Waals surface area contributed by atoms with Crippen LogP contribution in [0.5, 0.6) is 0 Å². The lowest BCUT2D eigenvalue weighted by molar-refractivity contribution is -0.137. The van der Waals surface area contributed by atoms with E-state index in [0.717, 1.165) is 12.3 Å². The predicted molar refractivity (Wildman–Crippen MR) is 55.9 cm³/mol. The number of rotatable bonds is 3. The van der Waals surface area contributed by atoms with E-state index >= 15 is 0 Å². The summed E-state index contributed by atoms with van der Waals surface area (Å²) in [4.78, 5) is 14.8. The van der Waals surface area contributed by atoms with Crippen molar-refractivity contribution in [1.82, 2.24) is 4.98 Å². The average molecular weight is 246 g/mol. The third kappa shape index (κ3) is 3.44. The predicted octanol–water partition coefficient (Wildman–Crippen LogP) is 2.15. The second-order valence-corrected chi connectivity index (χ2v) is 4.46. The van der Waals surface area contributed by atoms with Crippen molar-refractivity contribution >= 4 is 5.91 Å². The number of alkyl halides is 3. The van der Waals surface area contributed by atoms with Gasteiger partial charge in [-0.2, -0.15) is 13.2 Å². The lowest BCUT2D eigenvalue weighted by Gasteiger charge is -2.19. The molecule has 0 saturated carbocycles. The molecule has 0 radical (unpaired) electrons. The average Bonchev–Trinajstić information content (AvgIpc) is 2.16. The minimum absolute atomic E-state index is 0.209. The number of carbonyl (C=O) groups excluding carboxylic acids is 1. The largest absolute Gasteiger partial charge is 0.417 e. The van der Waals surface area contributed by atoms with Gasteiger partial charge in [-0.1, -0.05) is 13.8 Å². The highest BCUT2D eigenvalue weighted by Crippen LogP contribution is 2.29. The normalized spacial score (nSPS) is 12.5. The molecule has 2 N–H and O–H groups in total. The van der Waals surface area contributed by atoms with Gasteiger partial charge in [0.2, 0.25) is 5.91 Å². The number of hydrogen-bond acceptors (Lipinski definition) is 2. The van der Waals surface area contributed by atoms with Crippen molar-refractivity contribution in [2.24, 2.45) is 11.1 Å². The summed E-state index contributed by atoms with van der Waals surface area (Å²) in [7, 11) is 0. The molecule has 1 rings (SSSR count). The number of nitrogens with two attached hydrogens (primary N) is 1. The monoisotopic (exact) mass is 246 g/mol. The molecule has 1 amide bonds. The van der Waals surface area contributed by atoms with E-state index in [1.165, 1.54) is 6.07 Å². The van der Waals surface area contributed by atoms with Crippen LogP contribution in [0.3, 0.4) is 0 Å². The van der Waals surface area contributed by atoms with Crippen LogP contribution in [0, 0.1) is 5.41 Å². The van der Waals surface area contributed by atoms with E-state index in [2.05, 4.69) is 4.98 Å². The van der Waals surface area contributed by atoms with Crippen LogP contribution in [0.1, 0.15) is 25.1 Å². The standard InChI is InChI=1S/C11H13F3N2O/c1-10(2,9(15)17)5-8-4-3-7(6-16-8)11(12,13)14/h3-4,6H,5H2,1-2H3,(H2,15,17). The van der Waals surface area contributed by atoms with Gasteiger partial charge in [-0.3, -0.25) is 9.78 Å². The molecule has 6 heteroatoms. The lowest BCUT2D eigenvalue weighted by Crippen LogP contribution is -2.33. The maximum absolute atomic E-state index is 12.3. The van der Waals surface area contributed by atoms with Crippen molar-refractivity contribution < 1.29 is 18.0 Å². The first-order chi connectivity index (χ1) is 7.63. The molecule has 0 aliphatic heterocycles. The Morgan fingerprint density at radius 1 is 1.35 bits per heavy atom. The molecule has 0 aromatic carbocycles. The summed E-state index contributed by atoms with van der Waals surface area (Å²) in [6.07, 6.45) is -3.43. The van der Waals surface area contributed by atoms with E-state index < -0.39 is 23.1 Å². The molecule has 0 saturated heterocycles. The van der Waals surface area contributed by atoms with E-state index in [0.29, 0.717) is 5.69 Å². The molecule has 0 aliphatic rings. The van der Waals surface area contributed by atoms with Gasteiger partial charge in [-0.15, -0.1) is 0 Å². The van der Waals surface area contributed by atoms with Gasteiger partial charge in [-0.25, -0.2) is 0 Å². The number of primary amides is 1. The Hall–Kier alpha value is -1.59. The summed E-state index contributed by atoms with van der Waals surface area (Å²) < 4.78 is 36.8. The number of amides is 1. The van der Waals surface area contributed by atoms with Crippen molar-refractivity contribution in [3.63, 3.8) is 0 Å². The minimum atomic E-state index is -4.40. The Labute approximate surface area is 96.8 Å². The molecular weight excluding hydrogens is 233 g/mol. The van der Waals surface area contributed by atoms with E-state index in [1.54, 1.807) is 13.8 Å². The molecule has 0 aliphatic carbocycles. The van der Waals surface area contributed by atoms with E-state index in [1.807, 2.05) is 0 Å². The highest BCUT2D eigenvalue weighted by molar-refractivity contribution is 5.80. The smallest absolute Gasteiger partial charge is 0.369 e. The molecule has 0 spiro atoms. The minimum Gasteiger partial charge on any atom is -0.369 e. The van der Waals surface area contributed by atoms with Crippen LogP contribution in [0.2, 0.25) is 0 Å². The van der Waals surface area contributed by atoms with Gasteiger partial charge in [0.1, 0.15) is 0 Å². The number of hydrogen-bond donors (Lipinski definition) is 1.